The third-order valence-corrected chi connectivity index (χ3v) is 3.12. The summed E-state index contributed by atoms with van der Waals surface area (Å²) in [7, 11) is 0. The van der Waals surface area contributed by atoms with Crippen molar-refractivity contribution in [1.29, 1.82) is 0 Å². The summed E-state index contributed by atoms with van der Waals surface area (Å²) in [5.74, 6) is 0. The lowest BCUT2D eigenvalue weighted by molar-refractivity contribution is -0.384. The highest BCUT2D eigenvalue weighted by atomic mass is 16.6. The standard InChI is InChI=1S/C14H18N4O2/c1-3-8-17-13(6-7-16-17)10-15-14-5-4-12(18(19)20)9-11(14)2/h4-7,9,15H,3,8,10H2,1-2H3. The maximum Gasteiger partial charge on any atom is 0.269 e. The molecule has 0 atom stereocenters. The Kier molecular flexibility index (Phi) is 4.34. The van der Waals surface area contributed by atoms with Crippen molar-refractivity contribution in [2.75, 3.05) is 5.32 Å². The summed E-state index contributed by atoms with van der Waals surface area (Å²) in [6.45, 7) is 5.51. The number of nitro groups is 1. The van der Waals surface area contributed by atoms with Crippen molar-refractivity contribution >= 4 is 11.4 Å². The third kappa shape index (κ3) is 3.14. The van der Waals surface area contributed by atoms with Gasteiger partial charge >= 0.3 is 0 Å². The van der Waals surface area contributed by atoms with Crippen LogP contribution in [-0.2, 0) is 13.1 Å². The maximum absolute atomic E-state index is 10.7. The molecule has 0 aliphatic heterocycles. The Hall–Kier alpha value is -2.37. The van der Waals surface area contributed by atoms with Crippen LogP contribution in [-0.4, -0.2) is 14.7 Å². The summed E-state index contributed by atoms with van der Waals surface area (Å²) in [5.41, 5.74) is 2.98. The summed E-state index contributed by atoms with van der Waals surface area (Å²) < 4.78 is 1.97. The number of hydrogen-bond donors (Lipinski definition) is 1. The van der Waals surface area contributed by atoms with E-state index < -0.39 is 0 Å². The Morgan fingerprint density at radius 1 is 1.40 bits per heavy atom. The highest BCUT2D eigenvalue weighted by Gasteiger charge is 2.08. The van der Waals surface area contributed by atoms with E-state index >= 15 is 0 Å². The zero-order chi connectivity index (χ0) is 14.5. The average molecular weight is 274 g/mol. The molecule has 0 amide bonds. The van der Waals surface area contributed by atoms with Crippen molar-refractivity contribution in [2.45, 2.75) is 33.4 Å². The quantitative estimate of drug-likeness (QED) is 0.648. The lowest BCUT2D eigenvalue weighted by Crippen LogP contribution is -2.09. The Labute approximate surface area is 117 Å². The Morgan fingerprint density at radius 3 is 2.85 bits per heavy atom. The predicted octanol–water partition coefficient (Wildman–Crippen LogP) is 3.12. The first-order chi connectivity index (χ1) is 9.61. The number of non-ortho nitro benzene ring substituents is 1. The Bertz CT molecular complexity index is 607. The van der Waals surface area contributed by atoms with Crippen LogP contribution in [0.4, 0.5) is 11.4 Å². The number of hydrogen-bond acceptors (Lipinski definition) is 4. The molecule has 0 fully saturated rings. The van der Waals surface area contributed by atoms with Gasteiger partial charge in [0.2, 0.25) is 0 Å². The number of nitrogens with zero attached hydrogens (tertiary/aromatic N) is 3. The number of aryl methyl sites for hydroxylation is 2. The second kappa shape index (κ2) is 6.18. The largest absolute Gasteiger partial charge is 0.379 e. The van der Waals surface area contributed by atoms with Crippen LogP contribution in [0.5, 0.6) is 0 Å². The summed E-state index contributed by atoms with van der Waals surface area (Å²) in [6.07, 6.45) is 2.82. The summed E-state index contributed by atoms with van der Waals surface area (Å²) in [5, 5.41) is 18.3. The molecule has 1 heterocycles. The molecule has 0 saturated heterocycles. The third-order valence-electron chi connectivity index (χ3n) is 3.12. The topological polar surface area (TPSA) is 73.0 Å². The molecule has 0 saturated carbocycles. The van der Waals surface area contributed by atoms with E-state index in [1.807, 2.05) is 17.7 Å². The van der Waals surface area contributed by atoms with Gasteiger partial charge in [-0.3, -0.25) is 14.8 Å². The summed E-state index contributed by atoms with van der Waals surface area (Å²) >= 11 is 0. The zero-order valence-corrected chi connectivity index (χ0v) is 11.7. The fraction of sp³-hybridized carbons (Fsp3) is 0.357. The van der Waals surface area contributed by atoms with Crippen LogP contribution in [0.15, 0.2) is 30.5 Å². The fourth-order valence-corrected chi connectivity index (χ4v) is 2.07. The van der Waals surface area contributed by atoms with E-state index in [2.05, 4.69) is 17.3 Å². The molecule has 106 valence electrons. The van der Waals surface area contributed by atoms with Crippen LogP contribution >= 0.6 is 0 Å². The second-order valence-electron chi connectivity index (χ2n) is 4.66. The molecular formula is C14H18N4O2. The van der Waals surface area contributed by atoms with Crippen molar-refractivity contribution < 1.29 is 4.92 Å². The van der Waals surface area contributed by atoms with Crippen molar-refractivity contribution in [3.8, 4) is 0 Å². The first kappa shape index (κ1) is 14.0. The van der Waals surface area contributed by atoms with Crippen LogP contribution in [0.1, 0.15) is 24.6 Å². The van der Waals surface area contributed by atoms with Crippen LogP contribution < -0.4 is 5.32 Å². The fourth-order valence-electron chi connectivity index (χ4n) is 2.07. The van der Waals surface area contributed by atoms with Gasteiger partial charge in [-0.2, -0.15) is 5.10 Å². The zero-order valence-electron chi connectivity index (χ0n) is 11.7. The SMILES string of the molecule is CCCn1nccc1CNc1ccc([N+](=O)[O-])cc1C. The summed E-state index contributed by atoms with van der Waals surface area (Å²) in [4.78, 5) is 10.3. The number of nitro benzene ring substituents is 1. The molecule has 0 aliphatic carbocycles. The molecule has 0 spiro atoms. The van der Waals surface area contributed by atoms with Crippen molar-refractivity contribution in [1.82, 2.24) is 9.78 Å². The van der Waals surface area contributed by atoms with E-state index in [0.717, 1.165) is 29.9 Å². The van der Waals surface area contributed by atoms with Gasteiger partial charge in [0.15, 0.2) is 0 Å². The van der Waals surface area contributed by atoms with Gasteiger partial charge in [-0.15, -0.1) is 0 Å². The van der Waals surface area contributed by atoms with E-state index in [4.69, 9.17) is 0 Å². The maximum atomic E-state index is 10.7. The van der Waals surface area contributed by atoms with Gasteiger partial charge < -0.3 is 5.32 Å². The van der Waals surface area contributed by atoms with Crippen molar-refractivity contribution in [3.63, 3.8) is 0 Å². The Morgan fingerprint density at radius 2 is 2.20 bits per heavy atom. The molecule has 1 N–H and O–H groups in total. The molecule has 0 bridgehead atoms. The van der Waals surface area contributed by atoms with Gasteiger partial charge in [0, 0.05) is 30.6 Å². The molecule has 6 nitrogen and oxygen atoms in total. The number of rotatable bonds is 6. The van der Waals surface area contributed by atoms with Gasteiger partial charge in [-0.25, -0.2) is 0 Å². The van der Waals surface area contributed by atoms with Gasteiger partial charge in [0.05, 0.1) is 17.2 Å². The van der Waals surface area contributed by atoms with Gasteiger partial charge in [-0.05, 0) is 31.0 Å². The number of aromatic nitrogens is 2. The molecule has 2 rings (SSSR count). The molecule has 0 aliphatic rings. The van der Waals surface area contributed by atoms with Crippen molar-refractivity contribution in [3.05, 3.63) is 51.8 Å². The lowest BCUT2D eigenvalue weighted by atomic mass is 10.2. The molecule has 0 radical (unpaired) electrons. The highest BCUT2D eigenvalue weighted by Crippen LogP contribution is 2.21. The Balaban J connectivity index is 2.07. The van der Waals surface area contributed by atoms with Crippen molar-refractivity contribution in [2.24, 2.45) is 0 Å². The van der Waals surface area contributed by atoms with Crippen LogP contribution in [0, 0.1) is 17.0 Å². The normalized spacial score (nSPS) is 10.5. The molecule has 0 unspecified atom stereocenters. The minimum atomic E-state index is -0.382. The minimum absolute atomic E-state index is 0.115. The van der Waals surface area contributed by atoms with E-state index in [0.29, 0.717) is 6.54 Å². The second-order valence-corrected chi connectivity index (χ2v) is 4.66. The monoisotopic (exact) mass is 274 g/mol. The molecular weight excluding hydrogens is 256 g/mol. The first-order valence-electron chi connectivity index (χ1n) is 6.61. The minimum Gasteiger partial charge on any atom is -0.379 e. The van der Waals surface area contributed by atoms with Gasteiger partial charge in [-0.1, -0.05) is 6.92 Å². The average Bonchev–Trinajstić information content (AvgIpc) is 2.85. The van der Waals surface area contributed by atoms with E-state index in [-0.39, 0.29) is 10.6 Å². The summed E-state index contributed by atoms with van der Waals surface area (Å²) in [6, 6.07) is 6.81. The van der Waals surface area contributed by atoms with Crippen LogP contribution in [0.3, 0.4) is 0 Å². The molecule has 1 aromatic carbocycles. The van der Waals surface area contributed by atoms with E-state index in [1.54, 1.807) is 18.3 Å². The molecule has 1 aromatic heterocycles. The number of nitrogens with one attached hydrogen (secondary N) is 1. The number of anilines is 1. The molecule has 20 heavy (non-hydrogen) atoms. The van der Waals surface area contributed by atoms with Gasteiger partial charge in [0.1, 0.15) is 0 Å². The molecule has 6 heteroatoms. The van der Waals surface area contributed by atoms with E-state index in [1.165, 1.54) is 6.07 Å². The smallest absolute Gasteiger partial charge is 0.269 e. The first-order valence-corrected chi connectivity index (χ1v) is 6.61. The van der Waals surface area contributed by atoms with Crippen LogP contribution in [0.25, 0.3) is 0 Å². The lowest BCUT2D eigenvalue weighted by Gasteiger charge is -2.11. The highest BCUT2D eigenvalue weighted by molar-refractivity contribution is 5.55. The number of benzene rings is 1. The van der Waals surface area contributed by atoms with Crippen LogP contribution in [0.2, 0.25) is 0 Å². The van der Waals surface area contributed by atoms with E-state index in [9.17, 15) is 10.1 Å². The predicted molar refractivity (Wildman–Crippen MR) is 77.7 cm³/mol. The van der Waals surface area contributed by atoms with Gasteiger partial charge in [0.25, 0.3) is 5.69 Å². The molecule has 2 aromatic rings.